The van der Waals surface area contributed by atoms with Gasteiger partial charge in [-0.2, -0.15) is 5.26 Å². The maximum absolute atomic E-state index is 13.8. The molecule has 0 radical (unpaired) electrons. The molecule has 0 aliphatic carbocycles. The summed E-state index contributed by atoms with van der Waals surface area (Å²) in [6.07, 6.45) is 0. The van der Waals surface area contributed by atoms with Gasteiger partial charge in [0.25, 0.3) is 0 Å². The zero-order chi connectivity index (χ0) is 11.8. The first-order valence-electron chi connectivity index (χ1n) is 4.47. The molecular weight excluding hydrogens is 215 g/mol. The number of nitrogen functional groups attached to an aromatic ring is 1. The highest BCUT2D eigenvalue weighted by atomic mass is 35.5. The summed E-state index contributed by atoms with van der Waals surface area (Å²) in [5.41, 5.74) is 5.78. The Morgan fingerprint density at radius 1 is 1.47 bits per heavy atom. The number of nitrogens with zero attached hydrogens (tertiary/aromatic N) is 1. The largest absolute Gasteiger partial charge is 0.398 e. The molecule has 2 nitrogen and oxygen atoms in total. The van der Waals surface area contributed by atoms with Crippen molar-refractivity contribution in [2.45, 2.75) is 26.2 Å². The summed E-state index contributed by atoms with van der Waals surface area (Å²) in [7, 11) is 0. The summed E-state index contributed by atoms with van der Waals surface area (Å²) in [5.74, 6) is -0.560. The Labute approximate surface area is 93.5 Å². The lowest BCUT2D eigenvalue weighted by Crippen LogP contribution is -2.17. The molecule has 0 spiro atoms. The lowest BCUT2D eigenvalue weighted by atomic mass is 9.83. The fourth-order valence-corrected chi connectivity index (χ4v) is 1.68. The Kier molecular flexibility index (Phi) is 2.92. The van der Waals surface area contributed by atoms with Gasteiger partial charge >= 0.3 is 0 Å². The van der Waals surface area contributed by atoms with Crippen LogP contribution in [0.5, 0.6) is 0 Å². The molecule has 80 valence electrons. The molecule has 0 amide bonds. The van der Waals surface area contributed by atoms with Gasteiger partial charge in [0.1, 0.15) is 11.9 Å². The molecule has 4 heteroatoms. The van der Waals surface area contributed by atoms with E-state index in [2.05, 4.69) is 0 Å². The fourth-order valence-electron chi connectivity index (χ4n) is 1.47. The van der Waals surface area contributed by atoms with Crippen LogP contribution < -0.4 is 5.73 Å². The van der Waals surface area contributed by atoms with E-state index in [1.54, 1.807) is 0 Å². The molecule has 0 aliphatic rings. The normalized spacial score (nSPS) is 11.2. The van der Waals surface area contributed by atoms with Crippen LogP contribution in [-0.2, 0) is 5.41 Å². The first-order valence-corrected chi connectivity index (χ1v) is 4.85. The fraction of sp³-hybridized carbons (Fsp3) is 0.364. The van der Waals surface area contributed by atoms with E-state index in [-0.39, 0.29) is 21.8 Å². The standard InChI is InChI=1S/C11H12ClFN2/c1-11(2,3)9-6(5-14)8(15)4-7(12)10(9)13/h4H,15H2,1-3H3. The van der Waals surface area contributed by atoms with Gasteiger partial charge in [-0.05, 0) is 11.5 Å². The van der Waals surface area contributed by atoms with Crippen molar-refractivity contribution in [1.29, 1.82) is 5.26 Å². The SMILES string of the molecule is CC(C)(C)c1c(F)c(Cl)cc(N)c1C#N. The number of hydrogen-bond acceptors (Lipinski definition) is 2. The van der Waals surface area contributed by atoms with Gasteiger partial charge < -0.3 is 5.73 Å². The summed E-state index contributed by atoms with van der Waals surface area (Å²) in [5, 5.41) is 8.89. The number of nitrogens with two attached hydrogens (primary N) is 1. The van der Waals surface area contributed by atoms with Crippen LogP contribution >= 0.6 is 11.6 Å². The number of anilines is 1. The van der Waals surface area contributed by atoms with E-state index in [1.165, 1.54) is 6.07 Å². The minimum Gasteiger partial charge on any atom is -0.398 e. The van der Waals surface area contributed by atoms with E-state index in [9.17, 15) is 4.39 Å². The third kappa shape index (κ3) is 2.05. The number of hydrogen-bond donors (Lipinski definition) is 1. The highest BCUT2D eigenvalue weighted by molar-refractivity contribution is 6.31. The van der Waals surface area contributed by atoms with Gasteiger partial charge in [-0.25, -0.2) is 4.39 Å². The highest BCUT2D eigenvalue weighted by Crippen LogP contribution is 2.35. The molecule has 0 unspecified atom stereocenters. The van der Waals surface area contributed by atoms with Crippen molar-refractivity contribution in [3.8, 4) is 6.07 Å². The molecule has 0 aliphatic heterocycles. The maximum Gasteiger partial charge on any atom is 0.146 e. The molecule has 0 saturated heterocycles. The smallest absolute Gasteiger partial charge is 0.146 e. The zero-order valence-electron chi connectivity index (χ0n) is 8.86. The average molecular weight is 227 g/mol. The molecule has 0 aromatic heterocycles. The maximum atomic E-state index is 13.8. The summed E-state index contributed by atoms with van der Waals surface area (Å²) in [6, 6.07) is 3.18. The minimum absolute atomic E-state index is 0.0450. The van der Waals surface area contributed by atoms with Crippen molar-refractivity contribution in [3.05, 3.63) is 28.0 Å². The third-order valence-corrected chi connectivity index (χ3v) is 2.39. The lowest BCUT2D eigenvalue weighted by Gasteiger charge is -2.22. The second-order valence-electron chi connectivity index (χ2n) is 4.37. The Hall–Kier alpha value is -1.27. The van der Waals surface area contributed by atoms with Crippen LogP contribution in [-0.4, -0.2) is 0 Å². The molecule has 2 N–H and O–H groups in total. The zero-order valence-corrected chi connectivity index (χ0v) is 9.61. The van der Waals surface area contributed by atoms with Crippen molar-refractivity contribution in [3.63, 3.8) is 0 Å². The van der Waals surface area contributed by atoms with E-state index in [0.29, 0.717) is 0 Å². The van der Waals surface area contributed by atoms with Crippen LogP contribution in [0.15, 0.2) is 6.07 Å². The predicted octanol–water partition coefficient (Wildman–Crippen LogP) is 3.23. The Bertz CT molecular complexity index is 441. The van der Waals surface area contributed by atoms with E-state index < -0.39 is 11.2 Å². The Balaban J connectivity index is 3.68. The molecule has 1 aromatic rings. The van der Waals surface area contributed by atoms with Gasteiger partial charge in [0.2, 0.25) is 0 Å². The summed E-state index contributed by atoms with van der Waals surface area (Å²) in [6.45, 7) is 5.42. The molecule has 0 saturated carbocycles. The van der Waals surface area contributed by atoms with Gasteiger partial charge in [0.05, 0.1) is 16.3 Å². The number of nitriles is 1. The van der Waals surface area contributed by atoms with Crippen LogP contribution in [0, 0.1) is 17.1 Å². The van der Waals surface area contributed by atoms with Crippen LogP contribution in [0.3, 0.4) is 0 Å². The molecule has 0 atom stereocenters. The first kappa shape index (κ1) is 11.8. The second-order valence-corrected chi connectivity index (χ2v) is 4.78. The average Bonchev–Trinajstić information content (AvgIpc) is 2.08. The lowest BCUT2D eigenvalue weighted by molar-refractivity contribution is 0.522. The van der Waals surface area contributed by atoms with E-state index in [1.807, 2.05) is 26.8 Å². The summed E-state index contributed by atoms with van der Waals surface area (Å²) < 4.78 is 13.8. The van der Waals surface area contributed by atoms with E-state index in [4.69, 9.17) is 22.6 Å². The van der Waals surface area contributed by atoms with Crippen molar-refractivity contribution >= 4 is 17.3 Å². The molecule has 0 fully saturated rings. The summed E-state index contributed by atoms with van der Waals surface area (Å²) in [4.78, 5) is 0. The molecule has 15 heavy (non-hydrogen) atoms. The predicted molar refractivity (Wildman–Crippen MR) is 59.2 cm³/mol. The quantitative estimate of drug-likeness (QED) is 0.691. The number of halogens is 2. The van der Waals surface area contributed by atoms with Gasteiger partial charge in [0, 0.05) is 5.56 Å². The monoisotopic (exact) mass is 226 g/mol. The molecule has 0 heterocycles. The number of benzene rings is 1. The number of rotatable bonds is 0. The Morgan fingerprint density at radius 2 is 2.00 bits per heavy atom. The van der Waals surface area contributed by atoms with Crippen LogP contribution in [0.4, 0.5) is 10.1 Å². The van der Waals surface area contributed by atoms with E-state index in [0.717, 1.165) is 0 Å². The van der Waals surface area contributed by atoms with Crippen molar-refractivity contribution in [2.24, 2.45) is 0 Å². The van der Waals surface area contributed by atoms with Crippen LogP contribution in [0.25, 0.3) is 0 Å². The van der Waals surface area contributed by atoms with Crippen LogP contribution in [0.2, 0.25) is 5.02 Å². The Morgan fingerprint density at radius 3 is 2.40 bits per heavy atom. The first-order chi connectivity index (χ1) is 6.79. The van der Waals surface area contributed by atoms with Gasteiger partial charge in [-0.3, -0.25) is 0 Å². The van der Waals surface area contributed by atoms with Crippen molar-refractivity contribution in [2.75, 3.05) is 5.73 Å². The molecular formula is C11H12ClFN2. The summed E-state index contributed by atoms with van der Waals surface area (Å²) >= 11 is 5.69. The van der Waals surface area contributed by atoms with Gasteiger partial charge in [-0.15, -0.1) is 0 Å². The molecule has 0 bridgehead atoms. The van der Waals surface area contributed by atoms with E-state index >= 15 is 0 Å². The van der Waals surface area contributed by atoms with Crippen molar-refractivity contribution < 1.29 is 4.39 Å². The van der Waals surface area contributed by atoms with Crippen molar-refractivity contribution in [1.82, 2.24) is 0 Å². The highest BCUT2D eigenvalue weighted by Gasteiger charge is 2.26. The second kappa shape index (κ2) is 3.71. The topological polar surface area (TPSA) is 49.8 Å². The molecule has 1 aromatic carbocycles. The van der Waals surface area contributed by atoms with Crippen LogP contribution in [0.1, 0.15) is 31.9 Å². The minimum atomic E-state index is -0.560. The molecule has 1 rings (SSSR count). The van der Waals surface area contributed by atoms with Gasteiger partial charge in [-0.1, -0.05) is 32.4 Å². The third-order valence-electron chi connectivity index (χ3n) is 2.11. The van der Waals surface area contributed by atoms with Gasteiger partial charge in [0.15, 0.2) is 0 Å².